The fourth-order valence-corrected chi connectivity index (χ4v) is 1.56. The molecule has 1 rings (SSSR count). The standard InChI is InChI=1S/C14H22O2/c1-14(2,3)13(15)9-8-11-6-5-7-12(10-11)16-4/h5-7,10,13,15H,8-9H2,1-4H3. The van der Waals surface area contributed by atoms with Crippen molar-refractivity contribution in [2.45, 2.75) is 39.7 Å². The highest BCUT2D eigenvalue weighted by Crippen LogP contribution is 2.23. The van der Waals surface area contributed by atoms with Crippen LogP contribution in [0.3, 0.4) is 0 Å². The van der Waals surface area contributed by atoms with Crippen LogP contribution in [0.4, 0.5) is 0 Å². The van der Waals surface area contributed by atoms with Crippen molar-refractivity contribution in [1.82, 2.24) is 0 Å². The Morgan fingerprint density at radius 1 is 1.31 bits per heavy atom. The number of aryl methyl sites for hydroxylation is 1. The average molecular weight is 222 g/mol. The molecule has 1 aromatic carbocycles. The molecule has 0 saturated carbocycles. The van der Waals surface area contributed by atoms with E-state index in [1.807, 2.05) is 18.2 Å². The number of methoxy groups -OCH3 is 1. The van der Waals surface area contributed by atoms with E-state index in [1.165, 1.54) is 5.56 Å². The van der Waals surface area contributed by atoms with Gasteiger partial charge in [0.05, 0.1) is 13.2 Å². The third kappa shape index (κ3) is 3.86. The first-order chi connectivity index (χ1) is 7.43. The SMILES string of the molecule is COc1cccc(CCC(O)C(C)(C)C)c1. The molecule has 2 heteroatoms. The van der Waals surface area contributed by atoms with Gasteiger partial charge in [0.1, 0.15) is 5.75 Å². The Hall–Kier alpha value is -1.02. The smallest absolute Gasteiger partial charge is 0.119 e. The molecular weight excluding hydrogens is 200 g/mol. The van der Waals surface area contributed by atoms with E-state index in [9.17, 15) is 5.11 Å². The van der Waals surface area contributed by atoms with E-state index in [4.69, 9.17) is 4.74 Å². The van der Waals surface area contributed by atoms with Gasteiger partial charge in [-0.15, -0.1) is 0 Å². The predicted octanol–water partition coefficient (Wildman–Crippen LogP) is 3.03. The number of hydrogen-bond acceptors (Lipinski definition) is 2. The van der Waals surface area contributed by atoms with Crippen LogP contribution >= 0.6 is 0 Å². The Morgan fingerprint density at radius 2 is 2.00 bits per heavy atom. The molecule has 0 saturated heterocycles. The summed E-state index contributed by atoms with van der Waals surface area (Å²) in [5, 5.41) is 9.94. The maximum atomic E-state index is 9.94. The van der Waals surface area contributed by atoms with Gasteiger partial charge in [0.15, 0.2) is 0 Å². The van der Waals surface area contributed by atoms with Crippen molar-refractivity contribution in [3.8, 4) is 5.75 Å². The topological polar surface area (TPSA) is 29.5 Å². The van der Waals surface area contributed by atoms with Gasteiger partial charge in [0.2, 0.25) is 0 Å². The minimum absolute atomic E-state index is 0.0428. The largest absolute Gasteiger partial charge is 0.497 e. The third-order valence-electron chi connectivity index (χ3n) is 2.84. The van der Waals surface area contributed by atoms with Crippen molar-refractivity contribution in [3.63, 3.8) is 0 Å². The molecule has 0 aromatic heterocycles. The Morgan fingerprint density at radius 3 is 2.56 bits per heavy atom. The Balaban J connectivity index is 2.54. The van der Waals surface area contributed by atoms with E-state index >= 15 is 0 Å². The van der Waals surface area contributed by atoms with Gasteiger partial charge in [-0.25, -0.2) is 0 Å². The monoisotopic (exact) mass is 222 g/mol. The van der Waals surface area contributed by atoms with Crippen LogP contribution in [0.2, 0.25) is 0 Å². The maximum absolute atomic E-state index is 9.94. The van der Waals surface area contributed by atoms with Gasteiger partial charge < -0.3 is 9.84 Å². The molecule has 0 fully saturated rings. The zero-order valence-electron chi connectivity index (χ0n) is 10.7. The molecular formula is C14H22O2. The Kier molecular flexibility index (Phi) is 4.36. The number of benzene rings is 1. The van der Waals surface area contributed by atoms with Gasteiger partial charge in [-0.1, -0.05) is 32.9 Å². The van der Waals surface area contributed by atoms with Crippen LogP contribution in [0.15, 0.2) is 24.3 Å². The van der Waals surface area contributed by atoms with Gasteiger partial charge in [0, 0.05) is 0 Å². The van der Waals surface area contributed by atoms with Crippen LogP contribution in [0.1, 0.15) is 32.8 Å². The Bertz CT molecular complexity index is 326. The zero-order valence-corrected chi connectivity index (χ0v) is 10.7. The van der Waals surface area contributed by atoms with E-state index in [2.05, 4.69) is 26.8 Å². The zero-order chi connectivity index (χ0) is 12.2. The predicted molar refractivity (Wildman–Crippen MR) is 66.8 cm³/mol. The average Bonchev–Trinajstić information content (AvgIpc) is 2.25. The lowest BCUT2D eigenvalue weighted by Crippen LogP contribution is -2.26. The molecule has 90 valence electrons. The highest BCUT2D eigenvalue weighted by atomic mass is 16.5. The molecule has 1 atom stereocenters. The van der Waals surface area contributed by atoms with Gasteiger partial charge >= 0.3 is 0 Å². The quantitative estimate of drug-likeness (QED) is 0.848. The second-order valence-electron chi connectivity index (χ2n) is 5.27. The number of rotatable bonds is 4. The number of ether oxygens (including phenoxy) is 1. The van der Waals surface area contributed by atoms with Crippen LogP contribution in [-0.2, 0) is 6.42 Å². The summed E-state index contributed by atoms with van der Waals surface area (Å²) in [5.41, 5.74) is 1.17. The molecule has 2 nitrogen and oxygen atoms in total. The molecule has 0 aliphatic carbocycles. The van der Waals surface area contributed by atoms with Crippen molar-refractivity contribution in [3.05, 3.63) is 29.8 Å². The molecule has 0 heterocycles. The number of hydrogen-bond donors (Lipinski definition) is 1. The fourth-order valence-electron chi connectivity index (χ4n) is 1.56. The minimum atomic E-state index is -0.265. The molecule has 0 spiro atoms. The van der Waals surface area contributed by atoms with Crippen LogP contribution < -0.4 is 4.74 Å². The van der Waals surface area contributed by atoms with Gasteiger partial charge in [0.25, 0.3) is 0 Å². The summed E-state index contributed by atoms with van der Waals surface area (Å²) >= 11 is 0. The lowest BCUT2D eigenvalue weighted by molar-refractivity contribution is 0.0560. The van der Waals surface area contributed by atoms with Gasteiger partial charge in [-0.3, -0.25) is 0 Å². The first-order valence-electron chi connectivity index (χ1n) is 5.74. The van der Waals surface area contributed by atoms with Crippen LogP contribution in [0.25, 0.3) is 0 Å². The molecule has 0 amide bonds. The lowest BCUT2D eigenvalue weighted by atomic mass is 9.86. The Labute approximate surface area is 98.3 Å². The summed E-state index contributed by atoms with van der Waals surface area (Å²) in [4.78, 5) is 0. The van der Waals surface area contributed by atoms with E-state index in [1.54, 1.807) is 7.11 Å². The van der Waals surface area contributed by atoms with E-state index in [0.717, 1.165) is 18.6 Å². The van der Waals surface area contributed by atoms with Crippen molar-refractivity contribution in [1.29, 1.82) is 0 Å². The second-order valence-corrected chi connectivity index (χ2v) is 5.27. The molecule has 1 aromatic rings. The molecule has 0 radical (unpaired) electrons. The van der Waals surface area contributed by atoms with E-state index in [0.29, 0.717) is 0 Å². The summed E-state index contributed by atoms with van der Waals surface area (Å²) in [6.45, 7) is 6.18. The summed E-state index contributed by atoms with van der Waals surface area (Å²) in [7, 11) is 1.67. The lowest BCUT2D eigenvalue weighted by Gasteiger charge is -2.25. The molecule has 0 aliphatic heterocycles. The van der Waals surface area contributed by atoms with Crippen LogP contribution in [-0.4, -0.2) is 18.3 Å². The maximum Gasteiger partial charge on any atom is 0.119 e. The minimum Gasteiger partial charge on any atom is -0.497 e. The van der Waals surface area contributed by atoms with Gasteiger partial charge in [-0.2, -0.15) is 0 Å². The third-order valence-corrected chi connectivity index (χ3v) is 2.84. The van der Waals surface area contributed by atoms with Crippen molar-refractivity contribution in [2.75, 3.05) is 7.11 Å². The normalized spacial score (nSPS) is 13.6. The van der Waals surface area contributed by atoms with Crippen LogP contribution in [0, 0.1) is 5.41 Å². The second kappa shape index (κ2) is 5.35. The molecule has 0 bridgehead atoms. The molecule has 1 unspecified atom stereocenters. The van der Waals surface area contributed by atoms with E-state index < -0.39 is 0 Å². The van der Waals surface area contributed by atoms with Crippen molar-refractivity contribution < 1.29 is 9.84 Å². The van der Waals surface area contributed by atoms with Crippen LogP contribution in [0.5, 0.6) is 5.75 Å². The molecule has 0 aliphatic rings. The molecule has 16 heavy (non-hydrogen) atoms. The first kappa shape index (κ1) is 13.0. The highest BCUT2D eigenvalue weighted by molar-refractivity contribution is 5.28. The van der Waals surface area contributed by atoms with Crippen molar-refractivity contribution in [2.24, 2.45) is 5.41 Å². The van der Waals surface area contributed by atoms with Crippen molar-refractivity contribution >= 4 is 0 Å². The fraction of sp³-hybridized carbons (Fsp3) is 0.571. The van der Waals surface area contributed by atoms with E-state index in [-0.39, 0.29) is 11.5 Å². The highest BCUT2D eigenvalue weighted by Gasteiger charge is 2.21. The summed E-state index contributed by atoms with van der Waals surface area (Å²) in [6.07, 6.45) is 1.41. The number of aliphatic hydroxyl groups excluding tert-OH is 1. The summed E-state index contributed by atoms with van der Waals surface area (Å²) < 4.78 is 5.17. The summed E-state index contributed by atoms with van der Waals surface area (Å²) in [6, 6.07) is 8.01. The number of aliphatic hydroxyl groups is 1. The molecule has 1 N–H and O–H groups in total. The van der Waals surface area contributed by atoms with Gasteiger partial charge in [-0.05, 0) is 36.0 Å². The first-order valence-corrected chi connectivity index (χ1v) is 5.74. The summed E-state index contributed by atoms with van der Waals surface area (Å²) in [5.74, 6) is 0.878.